The van der Waals surface area contributed by atoms with Crippen LogP contribution >= 0.6 is 22.6 Å². The third-order valence-corrected chi connectivity index (χ3v) is 20.9. The highest BCUT2D eigenvalue weighted by atomic mass is 127. The zero-order chi connectivity index (χ0) is 39.8. The molecule has 0 amide bonds. The average molecular weight is 881 g/mol. The molecule has 1 aromatic carbocycles. The number of benzene rings is 1. The van der Waals surface area contributed by atoms with Crippen LogP contribution < -0.4 is 5.32 Å². The zero-order valence-corrected chi connectivity index (χ0v) is 37.5. The van der Waals surface area contributed by atoms with E-state index in [9.17, 15) is 23.4 Å². The number of ether oxygens (including phenoxy) is 1. The molecule has 0 spiro atoms. The van der Waals surface area contributed by atoms with Crippen molar-refractivity contribution in [3.8, 4) is 0 Å². The standard InChI is InChI=1S/C44H69IN2O6S/c1-10-44(46-23-24-47-25-27-54(51,52)28-26-47)22-21-43(8)40(5)19-16-33-38(2,3)32(30-11-13-31(14-12-30)37(48)49)15-18-39(33,4)34(40)17-20-41(43,6)35(44)36(45)42(7,50)29-53-9/h11-15,33-36,46,50H,10,16-29H2,1-9H3,(H,48,49)/t33-,34+,35+,36+,39-,40+,41+,42?,43-,44-/m0/s1. The molecule has 3 N–H and O–H groups in total. The van der Waals surface area contributed by atoms with E-state index in [0.29, 0.717) is 30.5 Å². The van der Waals surface area contributed by atoms with E-state index in [4.69, 9.17) is 4.74 Å². The number of carboxylic acid groups (broad SMARTS) is 1. The number of aliphatic hydroxyl groups is 1. The third kappa shape index (κ3) is 6.68. The Labute approximate surface area is 340 Å². The van der Waals surface area contributed by atoms with Gasteiger partial charge in [0.05, 0.1) is 29.3 Å². The van der Waals surface area contributed by atoms with Crippen LogP contribution in [0, 0.1) is 44.8 Å². The minimum Gasteiger partial charge on any atom is -0.478 e. The van der Waals surface area contributed by atoms with Gasteiger partial charge in [-0.25, -0.2) is 13.2 Å². The SMILES string of the molecule is CC[C@]1(NCCN2CCS(=O)(=O)CC2)CC[C@@]2(C)[C@]3(C)CC[C@H]4C(C)(C)C(c5ccc(C(=O)O)cc5)=CC[C@]4(C)[C@H]3CC[C@]2(C)[C@H]1[C@@H](I)C(C)(O)COC. The number of fused-ring (bicyclic) bond motifs is 5. The number of allylic oxidation sites excluding steroid dienone is 2. The van der Waals surface area contributed by atoms with E-state index in [2.05, 4.69) is 87.3 Å². The molecule has 3 saturated carbocycles. The first-order chi connectivity index (χ1) is 25.1. The van der Waals surface area contributed by atoms with Crippen LogP contribution in [0.2, 0.25) is 0 Å². The summed E-state index contributed by atoms with van der Waals surface area (Å²) in [4.78, 5) is 13.9. The number of rotatable bonds is 11. The van der Waals surface area contributed by atoms with Gasteiger partial charge in [0.25, 0.3) is 0 Å². The minimum atomic E-state index is -2.93. The Hall–Kier alpha value is -1.05. The second-order valence-electron chi connectivity index (χ2n) is 19.9. The molecule has 1 unspecified atom stereocenters. The summed E-state index contributed by atoms with van der Waals surface area (Å²) in [6.07, 6.45) is 11.3. The fraction of sp³-hybridized carbons (Fsp3) is 0.795. The number of sulfone groups is 1. The number of halogens is 1. The molecule has 54 heavy (non-hydrogen) atoms. The first kappa shape index (κ1) is 42.6. The summed E-state index contributed by atoms with van der Waals surface area (Å²) in [7, 11) is -1.23. The summed E-state index contributed by atoms with van der Waals surface area (Å²) in [5.74, 6) is 0.852. The Kier molecular flexibility index (Phi) is 11.5. The lowest BCUT2D eigenvalue weighted by molar-refractivity contribution is -0.260. The van der Waals surface area contributed by atoms with Crippen LogP contribution in [0.3, 0.4) is 0 Å². The second kappa shape index (κ2) is 14.6. The number of hydrogen-bond donors (Lipinski definition) is 3. The van der Waals surface area contributed by atoms with E-state index < -0.39 is 21.4 Å². The molecule has 5 aliphatic rings. The van der Waals surface area contributed by atoms with Gasteiger partial charge in [0.1, 0.15) is 0 Å². The number of carboxylic acids is 1. The Morgan fingerprint density at radius 2 is 1.61 bits per heavy atom. The molecule has 1 aliphatic heterocycles. The highest BCUT2D eigenvalue weighted by Crippen LogP contribution is 2.79. The normalized spacial score (nSPS) is 40.6. The minimum absolute atomic E-state index is 0.0382. The van der Waals surface area contributed by atoms with Crippen LogP contribution in [0.25, 0.3) is 5.57 Å². The van der Waals surface area contributed by atoms with Gasteiger partial charge < -0.3 is 25.2 Å². The summed E-state index contributed by atoms with van der Waals surface area (Å²) in [5, 5.41) is 25.9. The van der Waals surface area contributed by atoms with Crippen molar-refractivity contribution in [1.29, 1.82) is 0 Å². The van der Waals surface area contributed by atoms with Gasteiger partial charge in [-0.05, 0) is 126 Å². The number of nitrogens with zero attached hydrogens (tertiary/aromatic N) is 1. The smallest absolute Gasteiger partial charge is 0.335 e. The molecule has 8 nitrogen and oxygen atoms in total. The van der Waals surface area contributed by atoms with Crippen LogP contribution in [-0.4, -0.2) is 96.0 Å². The fourth-order valence-corrected chi connectivity index (χ4v) is 16.9. The number of hydrogen-bond acceptors (Lipinski definition) is 7. The number of nitrogens with one attached hydrogen (secondary N) is 1. The van der Waals surface area contributed by atoms with Crippen molar-refractivity contribution >= 4 is 44.0 Å². The summed E-state index contributed by atoms with van der Waals surface area (Å²) < 4.78 is 29.9. The Bertz CT molecular complexity index is 1700. The first-order valence-electron chi connectivity index (χ1n) is 20.7. The van der Waals surface area contributed by atoms with Crippen molar-refractivity contribution in [1.82, 2.24) is 10.2 Å². The Morgan fingerprint density at radius 1 is 1.00 bits per heavy atom. The van der Waals surface area contributed by atoms with E-state index >= 15 is 0 Å². The topological polar surface area (TPSA) is 116 Å². The largest absolute Gasteiger partial charge is 0.478 e. The Balaban J connectivity index is 1.34. The van der Waals surface area contributed by atoms with Gasteiger partial charge in [-0.1, -0.05) is 89.3 Å². The molecule has 1 heterocycles. The highest BCUT2D eigenvalue weighted by Gasteiger charge is 2.73. The summed E-state index contributed by atoms with van der Waals surface area (Å²) in [6.45, 7) is 22.8. The summed E-state index contributed by atoms with van der Waals surface area (Å²) in [6, 6.07) is 7.51. The molecule has 1 saturated heterocycles. The van der Waals surface area contributed by atoms with E-state index in [1.165, 1.54) is 12.0 Å². The van der Waals surface area contributed by atoms with E-state index in [-0.39, 0.29) is 60.6 Å². The lowest BCUT2D eigenvalue weighted by Gasteiger charge is -2.76. The lowest BCUT2D eigenvalue weighted by atomic mass is 9.29. The van der Waals surface area contributed by atoms with Crippen molar-refractivity contribution in [2.45, 2.75) is 122 Å². The number of methoxy groups -OCH3 is 1. The average Bonchev–Trinajstić information content (AvgIpc) is 3.09. The number of alkyl halides is 1. The first-order valence-corrected chi connectivity index (χ1v) is 23.7. The molecule has 0 bridgehead atoms. The van der Waals surface area contributed by atoms with Crippen LogP contribution in [0.1, 0.15) is 123 Å². The van der Waals surface area contributed by atoms with E-state index in [1.807, 2.05) is 19.1 Å². The second-order valence-corrected chi connectivity index (χ2v) is 23.5. The zero-order valence-electron chi connectivity index (χ0n) is 34.6. The van der Waals surface area contributed by atoms with Crippen molar-refractivity contribution in [2.75, 3.05) is 51.4 Å². The predicted octanol–water partition coefficient (Wildman–Crippen LogP) is 8.12. The van der Waals surface area contributed by atoms with E-state index in [1.54, 1.807) is 19.2 Å². The molecule has 304 valence electrons. The molecular weight excluding hydrogens is 811 g/mol. The lowest BCUT2D eigenvalue weighted by Crippen LogP contribution is -2.74. The Morgan fingerprint density at radius 3 is 2.20 bits per heavy atom. The van der Waals surface area contributed by atoms with Crippen molar-refractivity contribution < 1.29 is 28.2 Å². The molecule has 0 radical (unpaired) electrons. The molecular formula is C44H69IN2O6S. The molecule has 6 rings (SSSR count). The number of aromatic carboxylic acids is 1. The van der Waals surface area contributed by atoms with Crippen molar-refractivity contribution in [3.05, 3.63) is 41.5 Å². The van der Waals surface area contributed by atoms with Crippen LogP contribution in [0.15, 0.2) is 30.3 Å². The van der Waals surface area contributed by atoms with Gasteiger partial charge in [0.2, 0.25) is 0 Å². The molecule has 4 fully saturated rings. The number of carbonyl (C=O) groups is 1. The highest BCUT2D eigenvalue weighted by molar-refractivity contribution is 14.1. The van der Waals surface area contributed by atoms with Gasteiger partial charge in [-0.3, -0.25) is 0 Å². The van der Waals surface area contributed by atoms with Gasteiger partial charge in [-0.2, -0.15) is 0 Å². The van der Waals surface area contributed by atoms with Gasteiger partial charge in [0.15, 0.2) is 9.84 Å². The summed E-state index contributed by atoms with van der Waals surface area (Å²) >= 11 is 2.60. The third-order valence-electron chi connectivity index (χ3n) is 17.2. The molecule has 10 heteroatoms. The quantitative estimate of drug-likeness (QED) is 0.151. The van der Waals surface area contributed by atoms with Crippen molar-refractivity contribution in [2.24, 2.45) is 44.8 Å². The molecule has 4 aliphatic carbocycles. The maximum atomic E-state index is 12.2. The molecule has 10 atom stereocenters. The summed E-state index contributed by atoms with van der Waals surface area (Å²) in [5.41, 5.74) is 1.81. The maximum absolute atomic E-state index is 12.2. The van der Waals surface area contributed by atoms with Gasteiger partial charge in [-0.15, -0.1) is 0 Å². The fourth-order valence-electron chi connectivity index (χ4n) is 13.9. The monoisotopic (exact) mass is 880 g/mol. The van der Waals surface area contributed by atoms with Crippen LogP contribution in [0.4, 0.5) is 0 Å². The maximum Gasteiger partial charge on any atom is 0.335 e. The van der Waals surface area contributed by atoms with Crippen LogP contribution in [-0.2, 0) is 14.6 Å². The van der Waals surface area contributed by atoms with Gasteiger partial charge in [0, 0.05) is 42.8 Å². The van der Waals surface area contributed by atoms with Crippen LogP contribution in [0.5, 0.6) is 0 Å². The molecule has 0 aromatic heterocycles. The molecule has 1 aromatic rings. The predicted molar refractivity (Wildman–Crippen MR) is 227 cm³/mol. The van der Waals surface area contributed by atoms with Crippen molar-refractivity contribution in [3.63, 3.8) is 0 Å². The van der Waals surface area contributed by atoms with Gasteiger partial charge >= 0.3 is 5.97 Å². The van der Waals surface area contributed by atoms with E-state index in [0.717, 1.165) is 63.6 Å².